The smallest absolute Gasteiger partial charge is 0.356 e. The van der Waals surface area contributed by atoms with Gasteiger partial charge in [0.15, 0.2) is 5.96 Å². The van der Waals surface area contributed by atoms with E-state index in [2.05, 4.69) is 20.6 Å². The van der Waals surface area contributed by atoms with Crippen LogP contribution in [0.5, 0.6) is 0 Å². The Labute approximate surface area is 133 Å². The van der Waals surface area contributed by atoms with Gasteiger partial charge in [-0.15, -0.1) is 0 Å². The van der Waals surface area contributed by atoms with Gasteiger partial charge in [0, 0.05) is 32.8 Å². The van der Waals surface area contributed by atoms with Crippen LogP contribution in [0.15, 0.2) is 23.3 Å². The van der Waals surface area contributed by atoms with Crippen molar-refractivity contribution in [2.24, 2.45) is 4.99 Å². The van der Waals surface area contributed by atoms with Gasteiger partial charge in [-0.3, -0.25) is 4.99 Å². The third kappa shape index (κ3) is 8.71. The molecule has 0 aliphatic heterocycles. The van der Waals surface area contributed by atoms with E-state index in [-0.39, 0.29) is 6.42 Å². The maximum atomic E-state index is 12.0. The summed E-state index contributed by atoms with van der Waals surface area (Å²) in [6, 6.07) is 3.62. The molecule has 0 saturated carbocycles. The molecule has 0 amide bonds. The predicted molar refractivity (Wildman–Crippen MR) is 82.2 cm³/mol. The average Bonchev–Trinajstić information content (AvgIpc) is 2.46. The summed E-state index contributed by atoms with van der Waals surface area (Å²) in [6.45, 7) is 1.10. The number of halogens is 4. The summed E-state index contributed by atoms with van der Waals surface area (Å²) in [5, 5.41) is 6.53. The minimum absolute atomic E-state index is 0.115. The van der Waals surface area contributed by atoms with Crippen LogP contribution in [-0.4, -0.2) is 37.3 Å². The van der Waals surface area contributed by atoms with E-state index in [1.807, 2.05) is 6.07 Å². The lowest BCUT2D eigenvalue weighted by Gasteiger charge is -2.12. The van der Waals surface area contributed by atoms with Crippen LogP contribution in [-0.2, 0) is 6.42 Å². The molecule has 0 radical (unpaired) electrons. The second-order valence-electron chi connectivity index (χ2n) is 4.74. The SMILES string of the molecule is CN=C(NCCCCC(F)(F)F)NCCc1ccc(Cl)nc1. The first-order valence-electron chi connectivity index (χ1n) is 7.02. The van der Waals surface area contributed by atoms with Crippen LogP contribution in [0.25, 0.3) is 0 Å². The quantitative estimate of drug-likeness (QED) is 0.348. The molecule has 22 heavy (non-hydrogen) atoms. The van der Waals surface area contributed by atoms with E-state index in [0.29, 0.717) is 30.6 Å². The normalized spacial score (nSPS) is 12.3. The number of aromatic nitrogens is 1. The molecule has 0 aliphatic carbocycles. The number of guanidine groups is 1. The van der Waals surface area contributed by atoms with Crippen molar-refractivity contribution >= 4 is 17.6 Å². The van der Waals surface area contributed by atoms with Crippen LogP contribution >= 0.6 is 11.6 Å². The van der Waals surface area contributed by atoms with Gasteiger partial charge in [-0.1, -0.05) is 17.7 Å². The molecule has 0 unspecified atom stereocenters. The van der Waals surface area contributed by atoms with Crippen molar-refractivity contribution in [2.75, 3.05) is 20.1 Å². The zero-order valence-corrected chi connectivity index (χ0v) is 13.1. The number of pyridine rings is 1. The van der Waals surface area contributed by atoms with E-state index in [0.717, 1.165) is 12.0 Å². The van der Waals surface area contributed by atoms with Crippen LogP contribution < -0.4 is 10.6 Å². The molecule has 0 fully saturated rings. The van der Waals surface area contributed by atoms with Crippen LogP contribution in [0.4, 0.5) is 13.2 Å². The summed E-state index contributed by atoms with van der Waals surface area (Å²) < 4.78 is 36.0. The summed E-state index contributed by atoms with van der Waals surface area (Å²) in [5.41, 5.74) is 1.04. The summed E-state index contributed by atoms with van der Waals surface area (Å²) in [4.78, 5) is 8.00. The molecule has 0 bridgehead atoms. The highest BCUT2D eigenvalue weighted by atomic mass is 35.5. The molecule has 0 atom stereocenters. The van der Waals surface area contributed by atoms with Crippen molar-refractivity contribution in [2.45, 2.75) is 31.9 Å². The number of nitrogens with zero attached hydrogens (tertiary/aromatic N) is 2. The maximum Gasteiger partial charge on any atom is 0.389 e. The first kappa shape index (κ1) is 18.5. The second kappa shape index (κ2) is 9.50. The number of aliphatic imine (C=N–C) groups is 1. The minimum atomic E-state index is -4.08. The Morgan fingerprint density at radius 1 is 1.23 bits per heavy atom. The molecule has 0 aliphatic rings. The van der Waals surface area contributed by atoms with Gasteiger partial charge in [0.25, 0.3) is 0 Å². The van der Waals surface area contributed by atoms with Gasteiger partial charge in [0.1, 0.15) is 5.15 Å². The third-order valence-electron chi connectivity index (χ3n) is 2.90. The van der Waals surface area contributed by atoms with Gasteiger partial charge in [-0.25, -0.2) is 4.98 Å². The van der Waals surface area contributed by atoms with Crippen molar-refractivity contribution in [1.29, 1.82) is 0 Å². The second-order valence-corrected chi connectivity index (χ2v) is 5.12. The van der Waals surface area contributed by atoms with Gasteiger partial charge in [-0.05, 0) is 30.9 Å². The number of hydrogen-bond acceptors (Lipinski definition) is 2. The molecule has 0 saturated heterocycles. The lowest BCUT2D eigenvalue weighted by Crippen LogP contribution is -2.38. The molecule has 1 rings (SSSR count). The molecular formula is C14H20ClF3N4. The predicted octanol–water partition coefficient (Wildman–Crippen LogP) is 3.18. The van der Waals surface area contributed by atoms with Crippen LogP contribution in [0, 0.1) is 0 Å². The number of alkyl halides is 3. The van der Waals surface area contributed by atoms with E-state index < -0.39 is 12.6 Å². The molecule has 1 heterocycles. The summed E-state index contributed by atoms with van der Waals surface area (Å²) >= 11 is 5.70. The maximum absolute atomic E-state index is 12.0. The zero-order valence-electron chi connectivity index (χ0n) is 12.4. The zero-order chi connectivity index (χ0) is 16.4. The number of unbranched alkanes of at least 4 members (excludes halogenated alkanes) is 1. The number of nitrogens with one attached hydrogen (secondary N) is 2. The van der Waals surface area contributed by atoms with E-state index >= 15 is 0 Å². The summed E-state index contributed by atoms with van der Waals surface area (Å²) in [6.07, 6.45) is -1.81. The fourth-order valence-electron chi connectivity index (χ4n) is 1.76. The summed E-state index contributed by atoms with van der Waals surface area (Å²) in [7, 11) is 1.62. The molecule has 0 aromatic carbocycles. The largest absolute Gasteiger partial charge is 0.389 e. The van der Waals surface area contributed by atoms with Crippen LogP contribution in [0.3, 0.4) is 0 Å². The molecule has 8 heteroatoms. The van der Waals surface area contributed by atoms with Crippen molar-refractivity contribution in [3.8, 4) is 0 Å². The average molecular weight is 337 g/mol. The van der Waals surface area contributed by atoms with Crippen molar-refractivity contribution < 1.29 is 13.2 Å². The van der Waals surface area contributed by atoms with E-state index in [9.17, 15) is 13.2 Å². The van der Waals surface area contributed by atoms with Crippen molar-refractivity contribution in [3.63, 3.8) is 0 Å². The highest BCUT2D eigenvalue weighted by Crippen LogP contribution is 2.21. The summed E-state index contributed by atoms with van der Waals surface area (Å²) in [5.74, 6) is 0.578. The third-order valence-corrected chi connectivity index (χ3v) is 3.12. The molecule has 4 nitrogen and oxygen atoms in total. The van der Waals surface area contributed by atoms with Gasteiger partial charge in [0.2, 0.25) is 0 Å². The van der Waals surface area contributed by atoms with Gasteiger partial charge in [-0.2, -0.15) is 13.2 Å². The Morgan fingerprint density at radius 3 is 2.55 bits per heavy atom. The standard InChI is InChI=1S/C14H20ClF3N4/c1-19-13(20-8-3-2-7-14(16,17)18)21-9-6-11-4-5-12(15)22-10-11/h4-5,10H,2-3,6-9H2,1H3,(H2,19,20,21). The molecular weight excluding hydrogens is 317 g/mol. The van der Waals surface area contributed by atoms with Crippen LogP contribution in [0.2, 0.25) is 5.15 Å². The molecule has 124 valence electrons. The molecule has 1 aromatic rings. The lowest BCUT2D eigenvalue weighted by atomic mass is 10.2. The Hall–Kier alpha value is -1.50. The number of rotatable bonds is 7. The van der Waals surface area contributed by atoms with Gasteiger partial charge in [0.05, 0.1) is 0 Å². The van der Waals surface area contributed by atoms with Crippen molar-refractivity contribution in [1.82, 2.24) is 15.6 Å². The highest BCUT2D eigenvalue weighted by molar-refractivity contribution is 6.29. The first-order valence-corrected chi connectivity index (χ1v) is 7.40. The van der Waals surface area contributed by atoms with E-state index in [1.165, 1.54) is 0 Å². The Kier molecular flexibility index (Phi) is 8.01. The van der Waals surface area contributed by atoms with Crippen molar-refractivity contribution in [3.05, 3.63) is 29.0 Å². The molecule has 2 N–H and O–H groups in total. The lowest BCUT2D eigenvalue weighted by molar-refractivity contribution is -0.135. The Bertz CT molecular complexity index is 460. The van der Waals surface area contributed by atoms with Gasteiger partial charge >= 0.3 is 6.18 Å². The fraction of sp³-hybridized carbons (Fsp3) is 0.571. The van der Waals surface area contributed by atoms with Crippen LogP contribution in [0.1, 0.15) is 24.8 Å². The molecule has 0 spiro atoms. The highest BCUT2D eigenvalue weighted by Gasteiger charge is 2.25. The Balaban J connectivity index is 2.16. The van der Waals surface area contributed by atoms with E-state index in [1.54, 1.807) is 19.3 Å². The molecule has 1 aromatic heterocycles. The minimum Gasteiger partial charge on any atom is -0.356 e. The topological polar surface area (TPSA) is 49.3 Å². The number of hydrogen-bond donors (Lipinski definition) is 2. The monoisotopic (exact) mass is 336 g/mol. The first-order chi connectivity index (χ1) is 10.4. The fourth-order valence-corrected chi connectivity index (χ4v) is 1.87. The van der Waals surface area contributed by atoms with E-state index in [4.69, 9.17) is 11.6 Å². The van der Waals surface area contributed by atoms with Gasteiger partial charge < -0.3 is 10.6 Å². The Morgan fingerprint density at radius 2 is 1.95 bits per heavy atom.